The molecule has 0 saturated carbocycles. The maximum atomic E-state index is 12.2. The van der Waals surface area contributed by atoms with Crippen LogP contribution in [0.5, 0.6) is 0 Å². The molecule has 1 aliphatic rings. The summed E-state index contributed by atoms with van der Waals surface area (Å²) < 4.78 is 0. The second-order valence-corrected chi connectivity index (χ2v) is 6.39. The Bertz CT molecular complexity index is 646. The van der Waals surface area contributed by atoms with Gasteiger partial charge in [0, 0.05) is 37.1 Å². The normalized spacial score (nSPS) is 17.4. The number of thiazole rings is 1. The van der Waals surface area contributed by atoms with Gasteiger partial charge in [-0.1, -0.05) is 0 Å². The zero-order valence-electron chi connectivity index (χ0n) is 12.8. The predicted molar refractivity (Wildman–Crippen MR) is 89.6 cm³/mol. The third-order valence-electron chi connectivity index (χ3n) is 3.87. The molecule has 1 atom stereocenters. The van der Waals surface area contributed by atoms with Crippen molar-refractivity contribution in [2.75, 3.05) is 24.5 Å². The molecule has 1 aliphatic heterocycles. The monoisotopic (exact) mass is 332 g/mol. The van der Waals surface area contributed by atoms with Gasteiger partial charge in [-0.15, -0.1) is 16.4 Å². The molecule has 0 aliphatic carbocycles. The number of aromatic nitrogens is 3. The molecule has 7 nitrogen and oxygen atoms in total. The molecule has 0 aromatic carbocycles. The van der Waals surface area contributed by atoms with Gasteiger partial charge in [-0.05, 0) is 31.5 Å². The molecule has 1 fully saturated rings. The number of hydrogen-bond acceptors (Lipinski definition) is 7. The van der Waals surface area contributed by atoms with Gasteiger partial charge in [-0.2, -0.15) is 5.10 Å². The van der Waals surface area contributed by atoms with Crippen LogP contribution in [0.15, 0.2) is 23.7 Å². The zero-order valence-corrected chi connectivity index (χ0v) is 13.6. The van der Waals surface area contributed by atoms with E-state index >= 15 is 0 Å². The van der Waals surface area contributed by atoms with E-state index in [-0.39, 0.29) is 11.9 Å². The molecule has 0 radical (unpaired) electrons. The van der Waals surface area contributed by atoms with Crippen LogP contribution in [0.2, 0.25) is 0 Å². The van der Waals surface area contributed by atoms with Crippen LogP contribution in [0, 0.1) is 0 Å². The van der Waals surface area contributed by atoms with Crippen molar-refractivity contribution in [1.29, 1.82) is 0 Å². The van der Waals surface area contributed by atoms with E-state index in [1.54, 1.807) is 11.6 Å². The first-order valence-electron chi connectivity index (χ1n) is 7.75. The number of amides is 1. The number of nitrogens with zero attached hydrogens (tertiary/aromatic N) is 4. The van der Waals surface area contributed by atoms with Gasteiger partial charge in [0.15, 0.2) is 5.82 Å². The molecule has 0 bridgehead atoms. The van der Waals surface area contributed by atoms with Crippen molar-refractivity contribution < 1.29 is 4.79 Å². The molecule has 1 saturated heterocycles. The number of carbonyl (C=O) groups is 1. The van der Waals surface area contributed by atoms with E-state index in [4.69, 9.17) is 5.73 Å². The van der Waals surface area contributed by atoms with Gasteiger partial charge < -0.3 is 16.0 Å². The summed E-state index contributed by atoms with van der Waals surface area (Å²) in [6.07, 6.45) is 4.50. The van der Waals surface area contributed by atoms with E-state index < -0.39 is 0 Å². The minimum atomic E-state index is -0.129. The molecule has 8 heteroatoms. The van der Waals surface area contributed by atoms with Crippen LogP contribution in [0.25, 0.3) is 0 Å². The Morgan fingerprint density at radius 3 is 3.22 bits per heavy atom. The van der Waals surface area contributed by atoms with Crippen LogP contribution in [-0.2, 0) is 6.42 Å². The Morgan fingerprint density at radius 1 is 1.52 bits per heavy atom. The van der Waals surface area contributed by atoms with Crippen molar-refractivity contribution in [3.05, 3.63) is 34.4 Å². The van der Waals surface area contributed by atoms with Crippen LogP contribution in [0.1, 0.15) is 28.3 Å². The highest BCUT2D eigenvalue weighted by Crippen LogP contribution is 2.22. The van der Waals surface area contributed by atoms with Crippen molar-refractivity contribution in [3.8, 4) is 0 Å². The fourth-order valence-electron chi connectivity index (χ4n) is 2.75. The van der Waals surface area contributed by atoms with Gasteiger partial charge in [0.25, 0.3) is 5.91 Å². The summed E-state index contributed by atoms with van der Waals surface area (Å²) in [5.41, 5.74) is 5.98. The topological polar surface area (TPSA) is 97.0 Å². The summed E-state index contributed by atoms with van der Waals surface area (Å²) in [6, 6.07) is 4.08. The van der Waals surface area contributed by atoms with Gasteiger partial charge in [0.05, 0.1) is 5.01 Å². The molecular formula is C15H20N6OS. The Labute approximate surface area is 138 Å². The van der Waals surface area contributed by atoms with Gasteiger partial charge in [0.1, 0.15) is 5.69 Å². The van der Waals surface area contributed by atoms with Crippen molar-refractivity contribution in [2.24, 2.45) is 5.73 Å². The smallest absolute Gasteiger partial charge is 0.270 e. The van der Waals surface area contributed by atoms with Crippen LogP contribution < -0.4 is 16.0 Å². The average Bonchev–Trinajstić information content (AvgIpc) is 3.23. The highest BCUT2D eigenvalue weighted by atomic mass is 32.1. The fourth-order valence-corrected chi connectivity index (χ4v) is 3.54. The highest BCUT2D eigenvalue weighted by Gasteiger charge is 2.26. The van der Waals surface area contributed by atoms with Crippen molar-refractivity contribution in [1.82, 2.24) is 20.5 Å². The Kier molecular flexibility index (Phi) is 5.14. The second-order valence-electron chi connectivity index (χ2n) is 5.45. The van der Waals surface area contributed by atoms with E-state index in [1.165, 1.54) is 11.3 Å². The summed E-state index contributed by atoms with van der Waals surface area (Å²) in [5, 5.41) is 13.8. The Morgan fingerprint density at radius 2 is 2.43 bits per heavy atom. The summed E-state index contributed by atoms with van der Waals surface area (Å²) in [4.78, 5) is 18.7. The summed E-state index contributed by atoms with van der Waals surface area (Å²) in [7, 11) is 0. The average molecular weight is 332 g/mol. The molecule has 2 aromatic heterocycles. The maximum Gasteiger partial charge on any atom is 0.270 e. The quantitative estimate of drug-likeness (QED) is 0.813. The number of anilines is 1. The van der Waals surface area contributed by atoms with E-state index in [1.807, 2.05) is 12.1 Å². The van der Waals surface area contributed by atoms with E-state index in [2.05, 4.69) is 25.4 Å². The molecule has 1 amide bonds. The van der Waals surface area contributed by atoms with Crippen LogP contribution in [0.3, 0.4) is 0 Å². The largest absolute Gasteiger partial charge is 0.350 e. The number of rotatable bonds is 6. The lowest BCUT2D eigenvalue weighted by molar-refractivity contribution is 0.0947. The van der Waals surface area contributed by atoms with Crippen molar-refractivity contribution in [3.63, 3.8) is 0 Å². The number of nitrogens with one attached hydrogen (secondary N) is 1. The molecule has 3 heterocycles. The van der Waals surface area contributed by atoms with E-state index in [0.717, 1.165) is 30.2 Å². The zero-order chi connectivity index (χ0) is 16.1. The molecule has 122 valence electrons. The number of hydrogen-bond donors (Lipinski definition) is 2. The third kappa shape index (κ3) is 3.83. The minimum absolute atomic E-state index is 0.129. The van der Waals surface area contributed by atoms with E-state index in [9.17, 15) is 4.79 Å². The Hall–Kier alpha value is -2.06. The molecule has 0 spiro atoms. The van der Waals surface area contributed by atoms with E-state index in [0.29, 0.717) is 25.2 Å². The molecule has 3 rings (SSSR count). The van der Waals surface area contributed by atoms with Crippen LogP contribution in [-0.4, -0.2) is 46.8 Å². The highest BCUT2D eigenvalue weighted by molar-refractivity contribution is 7.09. The first kappa shape index (κ1) is 15.8. The van der Waals surface area contributed by atoms with Crippen molar-refractivity contribution >= 4 is 23.1 Å². The maximum absolute atomic E-state index is 12.2. The van der Waals surface area contributed by atoms with Crippen LogP contribution in [0.4, 0.5) is 5.82 Å². The molecular weight excluding hydrogens is 312 g/mol. The fraction of sp³-hybridized carbons (Fsp3) is 0.467. The third-order valence-corrected chi connectivity index (χ3v) is 4.78. The summed E-state index contributed by atoms with van der Waals surface area (Å²) >= 11 is 1.48. The first-order chi connectivity index (χ1) is 11.3. The standard InChI is InChI=1S/C15H20N6OS/c16-6-5-14-19-12(10-23-14)15(22)17-9-11-3-2-8-21(11)13-4-1-7-18-20-13/h1,4,7,10-11H,2-3,5-6,8-9,16H2,(H,17,22). The van der Waals surface area contributed by atoms with Gasteiger partial charge in [-0.3, -0.25) is 4.79 Å². The summed E-state index contributed by atoms with van der Waals surface area (Å²) in [6.45, 7) is 2.07. The molecule has 23 heavy (non-hydrogen) atoms. The predicted octanol–water partition coefficient (Wildman–Crippen LogP) is 0.833. The van der Waals surface area contributed by atoms with Gasteiger partial charge >= 0.3 is 0 Å². The Balaban J connectivity index is 1.57. The number of nitrogens with two attached hydrogens (primary N) is 1. The molecule has 1 unspecified atom stereocenters. The molecule has 3 N–H and O–H groups in total. The first-order valence-corrected chi connectivity index (χ1v) is 8.63. The van der Waals surface area contributed by atoms with Crippen molar-refractivity contribution in [2.45, 2.75) is 25.3 Å². The lowest BCUT2D eigenvalue weighted by Crippen LogP contribution is -2.40. The van der Waals surface area contributed by atoms with Gasteiger partial charge in [0.2, 0.25) is 0 Å². The summed E-state index contributed by atoms with van der Waals surface area (Å²) in [5.74, 6) is 0.735. The lowest BCUT2D eigenvalue weighted by Gasteiger charge is -2.25. The SMILES string of the molecule is NCCc1nc(C(=O)NCC2CCCN2c2cccnn2)cs1. The second kappa shape index (κ2) is 7.47. The lowest BCUT2D eigenvalue weighted by atomic mass is 10.2. The molecule has 2 aromatic rings. The minimum Gasteiger partial charge on any atom is -0.350 e. The van der Waals surface area contributed by atoms with Gasteiger partial charge in [-0.25, -0.2) is 4.98 Å². The van der Waals surface area contributed by atoms with Crippen LogP contribution >= 0.6 is 11.3 Å². The number of carbonyl (C=O) groups excluding carboxylic acids is 1.